The van der Waals surface area contributed by atoms with Crippen LogP contribution in [0.15, 0.2) is 59.6 Å². The molecule has 1 N–H and O–H groups in total. The summed E-state index contributed by atoms with van der Waals surface area (Å²) in [5, 5.41) is 3.48. The fourth-order valence-electron chi connectivity index (χ4n) is 3.31. The van der Waals surface area contributed by atoms with Gasteiger partial charge in [-0.25, -0.2) is 0 Å². The molecule has 1 fully saturated rings. The molecule has 2 aromatic carbocycles. The Morgan fingerprint density at radius 2 is 1.86 bits per heavy atom. The first kappa shape index (κ1) is 22.5. The molecule has 1 aliphatic rings. The predicted octanol–water partition coefficient (Wildman–Crippen LogP) is 3.93. The molecule has 1 aliphatic heterocycles. The number of hydrogen-bond donors (Lipinski definition) is 1. The van der Waals surface area contributed by atoms with Crippen LogP contribution in [0.5, 0.6) is 5.75 Å². The highest BCUT2D eigenvalue weighted by atomic mass is 127. The highest BCUT2D eigenvalue weighted by molar-refractivity contribution is 14.0. The van der Waals surface area contributed by atoms with Crippen LogP contribution in [-0.4, -0.2) is 44.7 Å². The van der Waals surface area contributed by atoms with Crippen LogP contribution in [0.1, 0.15) is 17.5 Å². The first-order valence-corrected chi connectivity index (χ1v) is 9.50. The van der Waals surface area contributed by atoms with Crippen LogP contribution in [0.25, 0.3) is 0 Å². The van der Waals surface area contributed by atoms with Crippen molar-refractivity contribution >= 4 is 29.9 Å². The Balaban J connectivity index is 0.00000280. The summed E-state index contributed by atoms with van der Waals surface area (Å²) in [5.74, 6) is 2.37. The van der Waals surface area contributed by atoms with E-state index in [2.05, 4.69) is 40.5 Å². The largest absolute Gasteiger partial charge is 0.489 e. The SMILES string of the molecule is CN=C(NCc1ccccc1COc1ccccc1)N(C)CC1CCOC1.I. The number of rotatable bonds is 7. The topological polar surface area (TPSA) is 46.1 Å². The summed E-state index contributed by atoms with van der Waals surface area (Å²) < 4.78 is 11.4. The Bertz CT molecular complexity index is 734. The van der Waals surface area contributed by atoms with Gasteiger partial charge in [-0.3, -0.25) is 4.99 Å². The van der Waals surface area contributed by atoms with Crippen molar-refractivity contribution in [2.24, 2.45) is 10.9 Å². The van der Waals surface area contributed by atoms with Crippen LogP contribution in [0.2, 0.25) is 0 Å². The number of ether oxygens (including phenoxy) is 2. The second kappa shape index (κ2) is 11.9. The molecule has 152 valence electrons. The highest BCUT2D eigenvalue weighted by Gasteiger charge is 2.19. The lowest BCUT2D eigenvalue weighted by Crippen LogP contribution is -2.41. The van der Waals surface area contributed by atoms with E-state index >= 15 is 0 Å². The Labute approximate surface area is 185 Å². The first-order valence-electron chi connectivity index (χ1n) is 9.50. The van der Waals surface area contributed by atoms with E-state index in [0.29, 0.717) is 19.1 Å². The molecule has 1 heterocycles. The summed E-state index contributed by atoms with van der Waals surface area (Å²) in [6.07, 6.45) is 1.13. The monoisotopic (exact) mass is 495 g/mol. The first-order chi connectivity index (χ1) is 13.3. The van der Waals surface area contributed by atoms with Gasteiger partial charge in [0.2, 0.25) is 0 Å². The van der Waals surface area contributed by atoms with Gasteiger partial charge in [0, 0.05) is 39.7 Å². The molecule has 0 radical (unpaired) electrons. The molecule has 1 saturated heterocycles. The lowest BCUT2D eigenvalue weighted by atomic mass is 10.1. The molecule has 0 amide bonds. The normalized spacial score (nSPS) is 16.4. The van der Waals surface area contributed by atoms with E-state index in [1.807, 2.05) is 43.4 Å². The lowest BCUT2D eigenvalue weighted by molar-refractivity contribution is 0.181. The zero-order valence-corrected chi connectivity index (χ0v) is 19.0. The maximum Gasteiger partial charge on any atom is 0.193 e. The average molecular weight is 495 g/mol. The Kier molecular flexibility index (Phi) is 9.57. The number of para-hydroxylation sites is 1. The molecular formula is C22H30IN3O2. The van der Waals surface area contributed by atoms with E-state index in [-0.39, 0.29) is 24.0 Å². The third-order valence-corrected chi connectivity index (χ3v) is 4.82. The number of benzene rings is 2. The Morgan fingerprint density at radius 3 is 2.54 bits per heavy atom. The highest BCUT2D eigenvalue weighted by Crippen LogP contribution is 2.15. The van der Waals surface area contributed by atoms with Crippen molar-refractivity contribution in [3.63, 3.8) is 0 Å². The van der Waals surface area contributed by atoms with Crippen LogP contribution in [0.4, 0.5) is 0 Å². The fourth-order valence-corrected chi connectivity index (χ4v) is 3.31. The van der Waals surface area contributed by atoms with E-state index in [4.69, 9.17) is 9.47 Å². The van der Waals surface area contributed by atoms with E-state index in [1.54, 1.807) is 0 Å². The predicted molar refractivity (Wildman–Crippen MR) is 124 cm³/mol. The van der Waals surface area contributed by atoms with Crippen molar-refractivity contribution < 1.29 is 9.47 Å². The maximum atomic E-state index is 5.92. The fraction of sp³-hybridized carbons (Fsp3) is 0.409. The number of hydrogen-bond acceptors (Lipinski definition) is 3. The van der Waals surface area contributed by atoms with Crippen LogP contribution in [-0.2, 0) is 17.9 Å². The minimum atomic E-state index is 0. The van der Waals surface area contributed by atoms with E-state index in [1.165, 1.54) is 11.1 Å². The van der Waals surface area contributed by atoms with Crippen molar-refractivity contribution in [2.45, 2.75) is 19.6 Å². The van der Waals surface area contributed by atoms with Gasteiger partial charge in [-0.1, -0.05) is 42.5 Å². The average Bonchev–Trinajstić information content (AvgIpc) is 3.21. The Hall–Kier alpha value is -1.80. The van der Waals surface area contributed by atoms with E-state index in [0.717, 1.165) is 37.9 Å². The minimum Gasteiger partial charge on any atom is -0.489 e. The molecule has 0 aromatic heterocycles. The molecule has 3 rings (SSSR count). The Morgan fingerprint density at radius 1 is 1.14 bits per heavy atom. The van der Waals surface area contributed by atoms with Crippen molar-refractivity contribution in [3.8, 4) is 5.75 Å². The van der Waals surface area contributed by atoms with Gasteiger partial charge >= 0.3 is 0 Å². The number of nitrogens with zero attached hydrogens (tertiary/aromatic N) is 2. The summed E-state index contributed by atoms with van der Waals surface area (Å²) in [5.41, 5.74) is 2.39. The third-order valence-electron chi connectivity index (χ3n) is 4.82. The third kappa shape index (κ3) is 6.67. The summed E-state index contributed by atoms with van der Waals surface area (Å²) in [4.78, 5) is 6.61. The molecule has 5 nitrogen and oxygen atoms in total. The minimum absolute atomic E-state index is 0. The van der Waals surface area contributed by atoms with E-state index < -0.39 is 0 Å². The molecule has 0 saturated carbocycles. The second-order valence-electron chi connectivity index (χ2n) is 6.88. The van der Waals surface area contributed by atoms with Gasteiger partial charge in [-0.15, -0.1) is 24.0 Å². The molecule has 0 bridgehead atoms. The number of nitrogens with one attached hydrogen (secondary N) is 1. The van der Waals surface area contributed by atoms with Crippen LogP contribution in [0, 0.1) is 5.92 Å². The van der Waals surface area contributed by atoms with Gasteiger partial charge < -0.3 is 19.7 Å². The van der Waals surface area contributed by atoms with Crippen LogP contribution < -0.4 is 10.1 Å². The van der Waals surface area contributed by atoms with Crippen molar-refractivity contribution in [1.82, 2.24) is 10.2 Å². The molecule has 28 heavy (non-hydrogen) atoms. The smallest absolute Gasteiger partial charge is 0.193 e. The molecule has 1 unspecified atom stereocenters. The molecule has 1 atom stereocenters. The van der Waals surface area contributed by atoms with Crippen molar-refractivity contribution in [2.75, 3.05) is 33.9 Å². The summed E-state index contributed by atoms with van der Waals surface area (Å²) in [6.45, 7) is 3.95. The van der Waals surface area contributed by atoms with Gasteiger partial charge in [-0.05, 0) is 29.7 Å². The van der Waals surface area contributed by atoms with Crippen LogP contribution >= 0.6 is 24.0 Å². The quantitative estimate of drug-likeness (QED) is 0.360. The molecule has 0 aliphatic carbocycles. The summed E-state index contributed by atoms with van der Waals surface area (Å²) >= 11 is 0. The lowest BCUT2D eigenvalue weighted by Gasteiger charge is -2.25. The van der Waals surface area contributed by atoms with Gasteiger partial charge in [-0.2, -0.15) is 0 Å². The number of halogens is 1. The maximum absolute atomic E-state index is 5.92. The van der Waals surface area contributed by atoms with Gasteiger partial charge in [0.1, 0.15) is 12.4 Å². The van der Waals surface area contributed by atoms with Crippen molar-refractivity contribution in [1.29, 1.82) is 0 Å². The molecule has 0 spiro atoms. The zero-order chi connectivity index (χ0) is 18.9. The van der Waals surface area contributed by atoms with Gasteiger partial charge in [0.05, 0.1) is 6.61 Å². The standard InChI is InChI=1S/C22H29N3O2.HI/c1-23-22(25(2)15-18-12-13-26-16-18)24-14-19-8-6-7-9-20(19)17-27-21-10-4-3-5-11-21;/h3-11,18H,12-17H2,1-2H3,(H,23,24);1H. The molecule has 6 heteroatoms. The number of aliphatic imine (C=N–C) groups is 1. The van der Waals surface area contributed by atoms with Gasteiger partial charge in [0.15, 0.2) is 5.96 Å². The van der Waals surface area contributed by atoms with E-state index in [9.17, 15) is 0 Å². The summed E-state index contributed by atoms with van der Waals surface area (Å²) in [6, 6.07) is 18.3. The van der Waals surface area contributed by atoms with Gasteiger partial charge in [0.25, 0.3) is 0 Å². The summed E-state index contributed by atoms with van der Waals surface area (Å²) in [7, 11) is 3.91. The van der Waals surface area contributed by atoms with Crippen molar-refractivity contribution in [3.05, 3.63) is 65.7 Å². The number of guanidine groups is 1. The zero-order valence-electron chi connectivity index (χ0n) is 16.6. The van der Waals surface area contributed by atoms with Crippen LogP contribution in [0.3, 0.4) is 0 Å². The molecular weight excluding hydrogens is 465 g/mol. The second-order valence-corrected chi connectivity index (χ2v) is 6.88. The molecule has 2 aromatic rings.